The van der Waals surface area contributed by atoms with E-state index in [0.717, 1.165) is 26.3 Å². The largest absolute Gasteiger partial charge is 0.495 e. The normalized spacial score (nSPS) is 15.5. The number of aromatic nitrogens is 1. The average Bonchev–Trinajstić information content (AvgIpc) is 2.96. The van der Waals surface area contributed by atoms with Crippen molar-refractivity contribution in [3.05, 3.63) is 45.3 Å². The van der Waals surface area contributed by atoms with Crippen LogP contribution in [-0.4, -0.2) is 18.0 Å². The van der Waals surface area contributed by atoms with Crippen molar-refractivity contribution in [1.29, 1.82) is 0 Å². The first kappa shape index (κ1) is 12.3. The minimum Gasteiger partial charge on any atom is -0.495 e. The first-order chi connectivity index (χ1) is 9.20. The molecule has 2 N–H and O–H groups in total. The molecule has 0 saturated carbocycles. The molecule has 0 fully saturated rings. The quantitative estimate of drug-likeness (QED) is 0.634. The van der Waals surface area contributed by atoms with E-state index >= 15 is 0 Å². The molecule has 1 aromatic heterocycles. The topological polar surface area (TPSA) is 54.1 Å². The smallest absolute Gasteiger partial charge is 0.256 e. The predicted octanol–water partition coefficient (Wildman–Crippen LogP) is 3.12. The van der Waals surface area contributed by atoms with E-state index < -0.39 is 0 Å². The highest BCUT2D eigenvalue weighted by atomic mass is 127. The van der Waals surface area contributed by atoms with E-state index in [1.54, 1.807) is 13.3 Å². The third kappa shape index (κ3) is 2.03. The molecule has 2 heterocycles. The van der Waals surface area contributed by atoms with Crippen LogP contribution in [0.1, 0.15) is 11.3 Å². The zero-order valence-electron chi connectivity index (χ0n) is 10.2. The molecule has 1 aliphatic heterocycles. The monoisotopic (exact) mass is 366 g/mol. The number of methoxy groups -OCH3 is 1. The Bertz CT molecular complexity index is 689. The molecule has 3 rings (SSSR count). The molecule has 0 unspecified atom stereocenters. The van der Waals surface area contributed by atoms with Crippen molar-refractivity contribution >= 4 is 45.8 Å². The summed E-state index contributed by atoms with van der Waals surface area (Å²) in [5.74, 6) is 0.635. The maximum Gasteiger partial charge on any atom is 0.256 e. The number of carbonyl (C=O) groups is 1. The summed E-state index contributed by atoms with van der Waals surface area (Å²) >= 11 is 2.24. The van der Waals surface area contributed by atoms with Crippen molar-refractivity contribution in [3.63, 3.8) is 0 Å². The number of ether oxygens (including phenoxy) is 1. The Kier molecular flexibility index (Phi) is 3.06. The van der Waals surface area contributed by atoms with E-state index in [1.807, 2.05) is 30.3 Å². The fourth-order valence-corrected chi connectivity index (χ4v) is 2.93. The van der Waals surface area contributed by atoms with Gasteiger partial charge in [-0.1, -0.05) is 6.07 Å². The molecule has 0 spiro atoms. The minimum absolute atomic E-state index is 0.0873. The van der Waals surface area contributed by atoms with Gasteiger partial charge in [0.2, 0.25) is 0 Å². The summed E-state index contributed by atoms with van der Waals surface area (Å²) in [5.41, 5.74) is 3.25. The number of nitrogens with one attached hydrogen (secondary N) is 2. The van der Waals surface area contributed by atoms with Gasteiger partial charge in [-0.15, -0.1) is 0 Å². The summed E-state index contributed by atoms with van der Waals surface area (Å²) < 4.78 is 6.29. The lowest BCUT2D eigenvalue weighted by molar-refractivity contribution is -0.110. The van der Waals surface area contributed by atoms with Gasteiger partial charge in [-0.25, -0.2) is 0 Å². The standard InChI is InChI=1S/C14H11IN2O2/c1-19-12-5-6-16-11(12)7-8-13-9(15)3-2-4-10(13)17-14(8)18/h2-7,16H,1H3,(H,17,18). The number of benzene rings is 1. The lowest BCUT2D eigenvalue weighted by Gasteiger charge is -2.02. The van der Waals surface area contributed by atoms with Crippen LogP contribution in [0.2, 0.25) is 0 Å². The van der Waals surface area contributed by atoms with E-state index in [-0.39, 0.29) is 5.91 Å². The van der Waals surface area contributed by atoms with E-state index in [4.69, 9.17) is 4.74 Å². The Morgan fingerprint density at radius 2 is 2.16 bits per heavy atom. The number of fused-ring (bicyclic) bond motifs is 1. The van der Waals surface area contributed by atoms with Gasteiger partial charge in [-0.2, -0.15) is 0 Å². The number of hydrogen-bond donors (Lipinski definition) is 2. The molecule has 0 atom stereocenters. The molecule has 0 aliphatic carbocycles. The highest BCUT2D eigenvalue weighted by molar-refractivity contribution is 14.1. The highest BCUT2D eigenvalue weighted by Crippen LogP contribution is 2.37. The molecule has 2 aromatic rings. The van der Waals surface area contributed by atoms with Gasteiger partial charge in [-0.05, 0) is 46.9 Å². The van der Waals surface area contributed by atoms with Gasteiger partial charge in [0.25, 0.3) is 5.91 Å². The van der Waals surface area contributed by atoms with Crippen LogP contribution >= 0.6 is 22.6 Å². The van der Waals surface area contributed by atoms with Crippen LogP contribution in [0, 0.1) is 3.57 Å². The number of amides is 1. The van der Waals surface area contributed by atoms with Crippen LogP contribution in [0.5, 0.6) is 5.75 Å². The van der Waals surface area contributed by atoms with Gasteiger partial charge in [0.15, 0.2) is 0 Å². The van der Waals surface area contributed by atoms with E-state index in [9.17, 15) is 4.79 Å². The molecule has 1 aromatic carbocycles. The third-order valence-electron chi connectivity index (χ3n) is 3.02. The lowest BCUT2D eigenvalue weighted by atomic mass is 10.1. The van der Waals surface area contributed by atoms with Crippen LogP contribution in [0.15, 0.2) is 30.5 Å². The van der Waals surface area contributed by atoms with Crippen molar-refractivity contribution in [2.75, 3.05) is 12.4 Å². The van der Waals surface area contributed by atoms with Crippen molar-refractivity contribution < 1.29 is 9.53 Å². The molecule has 96 valence electrons. The summed E-state index contributed by atoms with van der Waals surface area (Å²) in [6.07, 6.45) is 3.61. The molecule has 1 aliphatic rings. The lowest BCUT2D eigenvalue weighted by Crippen LogP contribution is -2.03. The second-order valence-electron chi connectivity index (χ2n) is 4.13. The number of anilines is 1. The summed E-state index contributed by atoms with van der Waals surface area (Å²) in [5, 5.41) is 2.87. The second-order valence-corrected chi connectivity index (χ2v) is 5.30. The molecule has 5 heteroatoms. The molecule has 19 heavy (non-hydrogen) atoms. The summed E-state index contributed by atoms with van der Waals surface area (Å²) in [4.78, 5) is 15.1. The summed E-state index contributed by atoms with van der Waals surface area (Å²) in [7, 11) is 1.61. The zero-order valence-corrected chi connectivity index (χ0v) is 12.3. The van der Waals surface area contributed by atoms with Crippen molar-refractivity contribution in [3.8, 4) is 5.75 Å². The fraction of sp³-hybridized carbons (Fsp3) is 0.0714. The SMILES string of the molecule is COc1cc[nH]c1C=C1C(=O)Nc2cccc(I)c21. The Hall–Kier alpha value is -1.76. The summed E-state index contributed by atoms with van der Waals surface area (Å²) in [6, 6.07) is 7.65. The Morgan fingerprint density at radius 1 is 1.32 bits per heavy atom. The first-order valence-electron chi connectivity index (χ1n) is 5.74. The number of hydrogen-bond acceptors (Lipinski definition) is 2. The number of carbonyl (C=O) groups excluding carboxylic acids is 1. The number of halogens is 1. The van der Waals surface area contributed by atoms with E-state index in [1.165, 1.54) is 0 Å². The van der Waals surface area contributed by atoms with Crippen LogP contribution in [0.4, 0.5) is 5.69 Å². The molecule has 1 amide bonds. The summed E-state index contributed by atoms with van der Waals surface area (Å²) in [6.45, 7) is 0. The van der Waals surface area contributed by atoms with Gasteiger partial charge in [-0.3, -0.25) is 4.79 Å². The van der Waals surface area contributed by atoms with Crippen molar-refractivity contribution in [2.45, 2.75) is 0 Å². The maximum atomic E-state index is 12.1. The molecule has 0 saturated heterocycles. The second kappa shape index (κ2) is 4.73. The Labute approximate surface area is 124 Å². The third-order valence-corrected chi connectivity index (χ3v) is 3.92. The van der Waals surface area contributed by atoms with Crippen LogP contribution < -0.4 is 10.1 Å². The van der Waals surface area contributed by atoms with Gasteiger partial charge in [0.05, 0.1) is 24.1 Å². The average molecular weight is 366 g/mol. The highest BCUT2D eigenvalue weighted by Gasteiger charge is 2.26. The molecule has 0 radical (unpaired) electrons. The van der Waals surface area contributed by atoms with Crippen molar-refractivity contribution in [1.82, 2.24) is 4.98 Å². The van der Waals surface area contributed by atoms with E-state index in [2.05, 4.69) is 32.9 Å². The molecule has 0 bridgehead atoms. The molecule has 4 nitrogen and oxygen atoms in total. The zero-order chi connectivity index (χ0) is 13.4. The van der Waals surface area contributed by atoms with Crippen LogP contribution in [0.25, 0.3) is 11.6 Å². The number of rotatable bonds is 2. The predicted molar refractivity (Wildman–Crippen MR) is 83.0 cm³/mol. The minimum atomic E-state index is -0.0873. The number of H-pyrrole nitrogens is 1. The van der Waals surface area contributed by atoms with Crippen molar-refractivity contribution in [2.24, 2.45) is 0 Å². The van der Waals surface area contributed by atoms with Gasteiger partial charge in [0.1, 0.15) is 5.75 Å². The molecular weight excluding hydrogens is 355 g/mol. The van der Waals surface area contributed by atoms with Gasteiger partial charge in [0, 0.05) is 15.3 Å². The maximum absolute atomic E-state index is 12.1. The van der Waals surface area contributed by atoms with Gasteiger partial charge >= 0.3 is 0 Å². The van der Waals surface area contributed by atoms with Gasteiger partial charge < -0.3 is 15.0 Å². The molecular formula is C14H11IN2O2. The Balaban J connectivity index is 2.15. The van der Waals surface area contributed by atoms with Crippen LogP contribution in [0.3, 0.4) is 0 Å². The first-order valence-corrected chi connectivity index (χ1v) is 6.82. The Morgan fingerprint density at radius 3 is 2.95 bits per heavy atom. The number of aromatic amines is 1. The fourth-order valence-electron chi connectivity index (χ4n) is 2.15. The van der Waals surface area contributed by atoms with E-state index in [0.29, 0.717) is 5.57 Å². The van der Waals surface area contributed by atoms with Crippen LogP contribution in [-0.2, 0) is 4.79 Å².